The Hall–Kier alpha value is -2.68. The number of hydrogen-bond acceptors (Lipinski definition) is 7. The molecule has 2 aromatic rings. The Morgan fingerprint density at radius 3 is 2.61 bits per heavy atom. The summed E-state index contributed by atoms with van der Waals surface area (Å²) in [4.78, 5) is 37.2. The molecule has 3 rings (SSSR count). The van der Waals surface area contributed by atoms with Crippen LogP contribution in [-0.2, 0) is 20.9 Å². The van der Waals surface area contributed by atoms with E-state index in [1.54, 1.807) is 36.4 Å². The van der Waals surface area contributed by atoms with Crippen LogP contribution in [0.4, 0.5) is 4.79 Å². The third-order valence-electron chi connectivity index (χ3n) is 4.29. The maximum atomic E-state index is 12.6. The molecule has 0 spiro atoms. The van der Waals surface area contributed by atoms with Crippen LogP contribution in [0.2, 0.25) is 10.0 Å². The lowest BCUT2D eigenvalue weighted by Crippen LogP contribution is -2.34. The Bertz CT molecular complexity index is 1070. The number of halogens is 2. The molecule has 1 fully saturated rings. The molecule has 31 heavy (non-hydrogen) atoms. The molecule has 7 nitrogen and oxygen atoms in total. The average molecular weight is 482 g/mol. The van der Waals surface area contributed by atoms with Crippen LogP contribution < -0.4 is 9.47 Å². The van der Waals surface area contributed by atoms with Crippen molar-refractivity contribution in [2.75, 3.05) is 20.8 Å². The minimum atomic E-state index is -0.686. The summed E-state index contributed by atoms with van der Waals surface area (Å²) in [5, 5.41) is 0.405. The number of para-hydroxylation sites is 1. The Morgan fingerprint density at radius 2 is 1.94 bits per heavy atom. The van der Waals surface area contributed by atoms with Crippen molar-refractivity contribution in [3.8, 4) is 11.5 Å². The number of carbonyl (C=O) groups excluding carboxylic acids is 3. The van der Waals surface area contributed by atoms with Gasteiger partial charge in [-0.1, -0.05) is 41.4 Å². The van der Waals surface area contributed by atoms with E-state index in [1.165, 1.54) is 20.3 Å². The van der Waals surface area contributed by atoms with E-state index in [0.717, 1.165) is 16.7 Å². The van der Waals surface area contributed by atoms with Gasteiger partial charge in [0, 0.05) is 21.2 Å². The van der Waals surface area contributed by atoms with Crippen LogP contribution in [0.3, 0.4) is 0 Å². The van der Waals surface area contributed by atoms with Crippen LogP contribution in [-0.4, -0.2) is 42.8 Å². The smallest absolute Gasteiger partial charge is 0.325 e. The lowest BCUT2D eigenvalue weighted by molar-refractivity contribution is -0.143. The quantitative estimate of drug-likeness (QED) is 0.415. The molecule has 1 aliphatic rings. The molecule has 10 heteroatoms. The van der Waals surface area contributed by atoms with E-state index in [2.05, 4.69) is 4.74 Å². The number of benzene rings is 2. The SMILES string of the molecule is COC(=O)CN1C(=O)S/C(=C/c2cccc(OC)c2OCc2ccc(Cl)cc2Cl)C1=O. The van der Waals surface area contributed by atoms with Gasteiger partial charge in [-0.25, -0.2) is 0 Å². The molecule has 0 aromatic heterocycles. The summed E-state index contributed by atoms with van der Waals surface area (Å²) in [6, 6.07) is 10.2. The summed E-state index contributed by atoms with van der Waals surface area (Å²) in [6.45, 7) is -0.323. The third kappa shape index (κ3) is 5.33. The predicted molar refractivity (Wildman–Crippen MR) is 118 cm³/mol. The first-order valence-corrected chi connectivity index (χ1v) is 10.5. The highest BCUT2D eigenvalue weighted by Crippen LogP contribution is 2.38. The molecular weight excluding hydrogens is 465 g/mol. The zero-order chi connectivity index (χ0) is 22.5. The Labute approximate surface area is 192 Å². The fourth-order valence-electron chi connectivity index (χ4n) is 2.72. The van der Waals surface area contributed by atoms with Gasteiger partial charge in [-0.3, -0.25) is 19.3 Å². The molecule has 162 valence electrons. The van der Waals surface area contributed by atoms with Crippen LogP contribution in [0.1, 0.15) is 11.1 Å². The maximum absolute atomic E-state index is 12.6. The normalized spacial score (nSPS) is 14.8. The highest BCUT2D eigenvalue weighted by Gasteiger charge is 2.36. The fourth-order valence-corrected chi connectivity index (χ4v) is 4.01. The number of rotatable bonds is 7. The van der Waals surface area contributed by atoms with E-state index in [4.69, 9.17) is 32.7 Å². The molecule has 1 saturated heterocycles. The molecule has 2 aromatic carbocycles. The molecule has 0 bridgehead atoms. The zero-order valence-corrected chi connectivity index (χ0v) is 18.8. The molecule has 0 radical (unpaired) electrons. The highest BCUT2D eigenvalue weighted by molar-refractivity contribution is 8.18. The zero-order valence-electron chi connectivity index (χ0n) is 16.5. The molecule has 1 heterocycles. The number of amides is 2. The second-order valence-electron chi connectivity index (χ2n) is 6.25. The van der Waals surface area contributed by atoms with Gasteiger partial charge in [0.15, 0.2) is 11.5 Å². The summed E-state index contributed by atoms with van der Waals surface area (Å²) in [6.07, 6.45) is 1.52. The average Bonchev–Trinajstić information content (AvgIpc) is 3.00. The number of esters is 1. The highest BCUT2D eigenvalue weighted by atomic mass is 35.5. The predicted octanol–water partition coefficient (Wildman–Crippen LogP) is 4.79. The molecule has 0 unspecified atom stereocenters. The lowest BCUT2D eigenvalue weighted by atomic mass is 10.1. The van der Waals surface area contributed by atoms with Crippen molar-refractivity contribution in [3.05, 3.63) is 62.5 Å². The van der Waals surface area contributed by atoms with Crippen LogP contribution in [0, 0.1) is 0 Å². The van der Waals surface area contributed by atoms with E-state index >= 15 is 0 Å². The van der Waals surface area contributed by atoms with Crippen molar-refractivity contribution in [1.29, 1.82) is 0 Å². The number of hydrogen-bond donors (Lipinski definition) is 0. The van der Waals surface area contributed by atoms with Crippen LogP contribution in [0.25, 0.3) is 6.08 Å². The minimum absolute atomic E-state index is 0.126. The Morgan fingerprint density at radius 1 is 1.16 bits per heavy atom. The van der Waals surface area contributed by atoms with Crippen LogP contribution in [0.15, 0.2) is 41.3 Å². The summed E-state index contributed by atoms with van der Waals surface area (Å²) < 4.78 is 15.9. The lowest BCUT2D eigenvalue weighted by Gasteiger charge is -2.14. The van der Waals surface area contributed by atoms with E-state index in [0.29, 0.717) is 32.7 Å². The van der Waals surface area contributed by atoms with Gasteiger partial charge in [-0.15, -0.1) is 0 Å². The first-order valence-electron chi connectivity index (χ1n) is 8.90. The molecule has 0 aliphatic carbocycles. The maximum Gasteiger partial charge on any atom is 0.325 e. The number of imide groups is 1. The van der Waals surface area contributed by atoms with Gasteiger partial charge in [-0.05, 0) is 36.0 Å². The standard InChI is InChI=1S/C21H17Cl2NO6S/c1-28-16-5-3-4-12(19(16)30-11-13-6-7-14(22)9-15(13)23)8-17-20(26)24(21(27)31-17)10-18(25)29-2/h3-9H,10-11H2,1-2H3/b17-8+. The second kappa shape index (κ2) is 10.1. The van der Waals surface area contributed by atoms with Gasteiger partial charge in [0.2, 0.25) is 0 Å². The number of ether oxygens (including phenoxy) is 3. The van der Waals surface area contributed by atoms with Gasteiger partial charge in [0.05, 0.1) is 19.1 Å². The van der Waals surface area contributed by atoms with E-state index in [9.17, 15) is 14.4 Å². The third-order valence-corrected chi connectivity index (χ3v) is 5.79. The topological polar surface area (TPSA) is 82.1 Å². The Kier molecular flexibility index (Phi) is 7.48. The monoisotopic (exact) mass is 481 g/mol. The van der Waals surface area contributed by atoms with Crippen molar-refractivity contribution in [2.45, 2.75) is 6.61 Å². The fraction of sp³-hybridized carbons (Fsp3) is 0.190. The number of carbonyl (C=O) groups is 3. The van der Waals surface area contributed by atoms with Gasteiger partial charge in [0.1, 0.15) is 13.2 Å². The molecule has 0 saturated carbocycles. The van der Waals surface area contributed by atoms with Gasteiger partial charge >= 0.3 is 5.97 Å². The van der Waals surface area contributed by atoms with E-state index in [-0.39, 0.29) is 11.5 Å². The van der Waals surface area contributed by atoms with Crippen molar-refractivity contribution >= 4 is 58.2 Å². The van der Waals surface area contributed by atoms with Gasteiger partial charge in [-0.2, -0.15) is 0 Å². The van der Waals surface area contributed by atoms with Crippen molar-refractivity contribution < 1.29 is 28.6 Å². The summed E-state index contributed by atoms with van der Waals surface area (Å²) in [5.74, 6) is -0.466. The van der Waals surface area contributed by atoms with Gasteiger partial charge in [0.25, 0.3) is 11.1 Å². The second-order valence-corrected chi connectivity index (χ2v) is 8.08. The number of nitrogens with zero attached hydrogens (tertiary/aromatic N) is 1. The molecule has 0 N–H and O–H groups in total. The van der Waals surface area contributed by atoms with Crippen molar-refractivity contribution in [2.24, 2.45) is 0 Å². The minimum Gasteiger partial charge on any atom is -0.493 e. The summed E-state index contributed by atoms with van der Waals surface area (Å²) in [5.41, 5.74) is 1.23. The first-order chi connectivity index (χ1) is 14.8. The number of thioether (sulfide) groups is 1. The van der Waals surface area contributed by atoms with E-state index < -0.39 is 23.7 Å². The van der Waals surface area contributed by atoms with Crippen molar-refractivity contribution in [3.63, 3.8) is 0 Å². The summed E-state index contributed by atoms with van der Waals surface area (Å²) >= 11 is 12.9. The molecule has 2 amide bonds. The summed E-state index contributed by atoms with van der Waals surface area (Å²) in [7, 11) is 2.68. The molecular formula is C21H17Cl2NO6S. The Balaban J connectivity index is 1.89. The first kappa shape index (κ1) is 23.0. The van der Waals surface area contributed by atoms with Gasteiger partial charge < -0.3 is 14.2 Å². The van der Waals surface area contributed by atoms with Crippen molar-refractivity contribution in [1.82, 2.24) is 4.90 Å². The van der Waals surface area contributed by atoms with Crippen LogP contribution in [0.5, 0.6) is 11.5 Å². The largest absolute Gasteiger partial charge is 0.493 e. The van der Waals surface area contributed by atoms with Crippen LogP contribution >= 0.6 is 35.0 Å². The molecule has 0 atom stereocenters. The van der Waals surface area contributed by atoms with E-state index in [1.807, 2.05) is 0 Å². The number of methoxy groups -OCH3 is 2. The molecule has 1 aliphatic heterocycles.